The zero-order valence-corrected chi connectivity index (χ0v) is 19.0. The summed E-state index contributed by atoms with van der Waals surface area (Å²) < 4.78 is 64.7. The minimum atomic E-state index is -5.08. The van der Waals surface area contributed by atoms with Gasteiger partial charge in [-0.1, -0.05) is 12.8 Å². The molecule has 1 aromatic rings. The second-order valence-corrected chi connectivity index (χ2v) is 9.49. The van der Waals surface area contributed by atoms with Crippen molar-refractivity contribution >= 4 is 21.9 Å². The van der Waals surface area contributed by atoms with E-state index in [-0.39, 0.29) is 23.4 Å². The summed E-state index contributed by atoms with van der Waals surface area (Å²) in [5.41, 5.74) is 0. The summed E-state index contributed by atoms with van der Waals surface area (Å²) in [5.74, 6) is -2.27. The number of ether oxygens (including phenoxy) is 1. The van der Waals surface area contributed by atoms with Gasteiger partial charge in [-0.05, 0) is 37.1 Å². The van der Waals surface area contributed by atoms with E-state index in [9.17, 15) is 26.4 Å². The lowest BCUT2D eigenvalue weighted by Gasteiger charge is -2.32. The molecule has 186 valence electrons. The minimum Gasteiger partial charge on any atom is -0.497 e. The molecule has 0 unspecified atom stereocenters. The molecule has 0 atom stereocenters. The van der Waals surface area contributed by atoms with E-state index in [0.29, 0.717) is 18.8 Å². The van der Waals surface area contributed by atoms with E-state index < -0.39 is 22.2 Å². The van der Waals surface area contributed by atoms with Crippen LogP contribution in [0.25, 0.3) is 0 Å². The normalized spacial score (nSPS) is 17.4. The molecule has 1 saturated heterocycles. The number of sulfonamides is 1. The van der Waals surface area contributed by atoms with E-state index in [4.69, 9.17) is 14.6 Å². The van der Waals surface area contributed by atoms with Gasteiger partial charge in [0.15, 0.2) is 0 Å². The van der Waals surface area contributed by atoms with Crippen molar-refractivity contribution < 1.29 is 41.0 Å². The highest BCUT2D eigenvalue weighted by atomic mass is 32.2. The van der Waals surface area contributed by atoms with Crippen LogP contribution in [-0.4, -0.2) is 86.7 Å². The molecule has 33 heavy (non-hydrogen) atoms. The molecule has 2 aliphatic rings. The lowest BCUT2D eigenvalue weighted by Crippen LogP contribution is -2.51. The summed E-state index contributed by atoms with van der Waals surface area (Å²) in [5, 5.41) is 10.3. The molecular weight excluding hydrogens is 467 g/mol. The Bertz CT molecular complexity index is 897. The zero-order valence-electron chi connectivity index (χ0n) is 18.2. The highest BCUT2D eigenvalue weighted by Gasteiger charge is 2.38. The molecule has 1 aromatic carbocycles. The number of aliphatic carboxylic acids is 1. The van der Waals surface area contributed by atoms with Crippen molar-refractivity contribution in [2.45, 2.75) is 42.8 Å². The van der Waals surface area contributed by atoms with Gasteiger partial charge in [-0.15, -0.1) is 0 Å². The molecule has 0 spiro atoms. The van der Waals surface area contributed by atoms with Crippen LogP contribution in [0.4, 0.5) is 13.2 Å². The second-order valence-electron chi connectivity index (χ2n) is 7.60. The average molecular weight is 496 g/mol. The predicted molar refractivity (Wildman–Crippen MR) is 112 cm³/mol. The van der Waals surface area contributed by atoms with Gasteiger partial charge < -0.3 is 20.1 Å². The van der Waals surface area contributed by atoms with Gasteiger partial charge >= 0.3 is 12.1 Å². The first-order valence-electron chi connectivity index (χ1n) is 10.4. The topological polar surface area (TPSA) is 116 Å². The minimum absolute atomic E-state index is 0.0843. The van der Waals surface area contributed by atoms with E-state index in [1.165, 1.54) is 4.31 Å². The Morgan fingerprint density at radius 2 is 1.67 bits per heavy atom. The van der Waals surface area contributed by atoms with Crippen molar-refractivity contribution in [2.75, 3.05) is 39.8 Å². The van der Waals surface area contributed by atoms with E-state index >= 15 is 0 Å². The van der Waals surface area contributed by atoms with Gasteiger partial charge in [0.2, 0.25) is 15.9 Å². The van der Waals surface area contributed by atoms with Crippen molar-refractivity contribution in [1.82, 2.24) is 14.5 Å². The van der Waals surface area contributed by atoms with Crippen molar-refractivity contribution in [2.24, 2.45) is 0 Å². The Kier molecular flexibility index (Phi) is 9.49. The van der Waals surface area contributed by atoms with Gasteiger partial charge in [-0.25, -0.2) is 13.2 Å². The average Bonchev–Trinajstić information content (AvgIpc) is 3.32. The number of amides is 1. The van der Waals surface area contributed by atoms with Gasteiger partial charge in [-0.2, -0.15) is 17.5 Å². The van der Waals surface area contributed by atoms with Crippen molar-refractivity contribution in [1.29, 1.82) is 0 Å². The first-order valence-corrected chi connectivity index (χ1v) is 11.9. The van der Waals surface area contributed by atoms with Crippen LogP contribution < -0.4 is 10.1 Å². The number of carboxylic acids is 1. The Labute approximate surface area is 190 Å². The number of methoxy groups -OCH3 is 1. The number of piperazine rings is 1. The number of hydrogen-bond acceptors (Lipinski definition) is 6. The summed E-state index contributed by atoms with van der Waals surface area (Å²) >= 11 is 0. The predicted octanol–water partition coefficient (Wildman–Crippen LogP) is 1.69. The molecule has 1 aliphatic heterocycles. The molecule has 1 amide bonds. The molecule has 1 heterocycles. The number of hydrogen-bond donors (Lipinski definition) is 2. The highest BCUT2D eigenvalue weighted by Crippen LogP contribution is 2.29. The van der Waals surface area contributed by atoms with Crippen LogP contribution in [0, 0.1) is 0 Å². The van der Waals surface area contributed by atoms with E-state index in [0.717, 1.165) is 38.8 Å². The number of rotatable bonds is 6. The smallest absolute Gasteiger partial charge is 0.490 e. The maximum atomic E-state index is 13.2. The van der Waals surface area contributed by atoms with Gasteiger partial charge in [0.05, 0.1) is 18.6 Å². The number of benzene rings is 1. The third-order valence-corrected chi connectivity index (χ3v) is 7.31. The maximum Gasteiger partial charge on any atom is 0.490 e. The number of alkyl halides is 3. The van der Waals surface area contributed by atoms with Crippen LogP contribution in [0.2, 0.25) is 0 Å². The summed E-state index contributed by atoms with van der Waals surface area (Å²) in [6.07, 6.45) is -1.46. The van der Waals surface area contributed by atoms with Crippen LogP contribution in [0.1, 0.15) is 25.7 Å². The van der Waals surface area contributed by atoms with Gasteiger partial charge in [0.25, 0.3) is 0 Å². The van der Waals surface area contributed by atoms with Gasteiger partial charge in [-0.3, -0.25) is 4.79 Å². The number of carbonyl (C=O) groups is 2. The molecule has 2 N–H and O–H groups in total. The van der Waals surface area contributed by atoms with Crippen LogP contribution in [-0.2, 0) is 19.6 Å². The van der Waals surface area contributed by atoms with Crippen molar-refractivity contribution in [3.8, 4) is 5.75 Å². The third-order valence-electron chi connectivity index (χ3n) is 5.40. The number of halogens is 3. The largest absolute Gasteiger partial charge is 0.497 e. The Morgan fingerprint density at radius 1 is 1.15 bits per heavy atom. The van der Waals surface area contributed by atoms with Crippen LogP contribution in [0.5, 0.6) is 5.75 Å². The Hall–Kier alpha value is -2.38. The lowest BCUT2D eigenvalue weighted by molar-refractivity contribution is -0.192. The Balaban J connectivity index is 0.000000479. The molecular formula is C20H28F3N3O6S. The van der Waals surface area contributed by atoms with Crippen LogP contribution in [0.15, 0.2) is 29.2 Å². The van der Waals surface area contributed by atoms with E-state index in [2.05, 4.69) is 5.32 Å². The zero-order chi connectivity index (χ0) is 24.6. The van der Waals surface area contributed by atoms with E-state index in [1.807, 2.05) is 0 Å². The molecule has 1 aliphatic carbocycles. The molecule has 9 nitrogen and oxygen atoms in total. The van der Waals surface area contributed by atoms with Gasteiger partial charge in [0, 0.05) is 32.2 Å². The summed E-state index contributed by atoms with van der Waals surface area (Å²) in [6, 6.07) is 6.26. The van der Waals surface area contributed by atoms with Crippen LogP contribution >= 0.6 is 0 Å². The number of nitrogens with zero attached hydrogens (tertiary/aromatic N) is 2. The fourth-order valence-corrected chi connectivity index (χ4v) is 5.27. The van der Waals surface area contributed by atoms with E-state index in [1.54, 1.807) is 36.3 Å². The molecule has 3 rings (SSSR count). The fraction of sp³-hybridized carbons (Fsp3) is 0.600. The molecule has 0 radical (unpaired) electrons. The van der Waals surface area contributed by atoms with Crippen LogP contribution in [0.3, 0.4) is 0 Å². The third kappa shape index (κ3) is 7.57. The quantitative estimate of drug-likeness (QED) is 0.617. The molecule has 0 bridgehead atoms. The Morgan fingerprint density at radius 3 is 2.12 bits per heavy atom. The molecule has 1 saturated carbocycles. The van der Waals surface area contributed by atoms with Gasteiger partial charge in [0.1, 0.15) is 5.75 Å². The van der Waals surface area contributed by atoms with Crippen molar-refractivity contribution in [3.63, 3.8) is 0 Å². The summed E-state index contributed by atoms with van der Waals surface area (Å²) in [6.45, 7) is 2.67. The summed E-state index contributed by atoms with van der Waals surface area (Å²) in [4.78, 5) is 23.6. The lowest BCUT2D eigenvalue weighted by atomic mass is 10.2. The maximum absolute atomic E-state index is 13.2. The SMILES string of the molecule is COc1ccc(S(=O)(=O)N(CC(=O)N2CCNCC2)C2CCCC2)cc1.O=C(O)C(F)(F)F. The number of nitrogens with one attached hydrogen (secondary N) is 1. The molecule has 13 heteroatoms. The summed E-state index contributed by atoms with van der Waals surface area (Å²) in [7, 11) is -2.19. The number of carbonyl (C=O) groups excluding carboxylic acids is 1. The monoisotopic (exact) mass is 495 g/mol. The first kappa shape index (κ1) is 26.9. The molecule has 0 aromatic heterocycles. The van der Waals surface area contributed by atoms with Crippen molar-refractivity contribution in [3.05, 3.63) is 24.3 Å². The standard InChI is InChI=1S/C18H27N3O4S.C2HF3O2/c1-25-16-6-8-17(9-7-16)26(23,24)21(15-4-2-3-5-15)14-18(22)20-12-10-19-11-13-20;3-2(4,5)1(6)7/h6-9,15,19H,2-5,10-14H2,1H3;(H,6,7). The highest BCUT2D eigenvalue weighted by molar-refractivity contribution is 7.89. The fourth-order valence-electron chi connectivity index (χ4n) is 3.63. The second kappa shape index (κ2) is 11.7. The molecule has 2 fully saturated rings. The number of carboxylic acid groups (broad SMARTS) is 1. The first-order chi connectivity index (χ1) is 15.5.